The van der Waals surface area contributed by atoms with E-state index in [9.17, 15) is 0 Å². The van der Waals surface area contributed by atoms with Gasteiger partial charge >= 0.3 is 8.26 Å². The predicted molar refractivity (Wildman–Crippen MR) is 54.6 cm³/mol. The third-order valence-corrected chi connectivity index (χ3v) is 1.24. The molecule has 0 radical (unpaired) electrons. The molecule has 0 saturated heterocycles. The molecule has 0 atom stereocenters. The largest absolute Gasteiger partial charge is 0.443 e. The zero-order valence-electron chi connectivity index (χ0n) is 6.72. The summed E-state index contributed by atoms with van der Waals surface area (Å²) < 4.78 is 23.3. The summed E-state index contributed by atoms with van der Waals surface area (Å²) in [6.45, 7) is 0. The maximum absolute atomic E-state index is 9.16. The Hall–Kier alpha value is -0.780. The molecule has 0 N–H and O–H groups in total. The van der Waals surface area contributed by atoms with E-state index in [0.29, 0.717) is 0 Å². The molecule has 0 aliphatic carbocycles. The van der Waals surface area contributed by atoms with Crippen molar-refractivity contribution in [3.8, 4) is 0 Å². The highest BCUT2D eigenvalue weighted by atomic mass is 36.0. The molecule has 0 spiro atoms. The molecule has 7 heteroatoms. The highest BCUT2D eigenvalue weighted by molar-refractivity contribution is 8.31. The van der Waals surface area contributed by atoms with Gasteiger partial charge in [0, 0.05) is 21.4 Å². The normalized spacial score (nSPS) is 10.7. The molecule has 0 bridgehead atoms. The summed E-state index contributed by atoms with van der Waals surface area (Å²) in [5.74, 6) is 0. The minimum Gasteiger partial charge on any atom is -0.443 e. The summed E-state index contributed by atoms with van der Waals surface area (Å²) in [4.78, 5) is 3.95. The fraction of sp³-hybridized carbons (Fsp3) is 0. The van der Waals surface area contributed by atoms with Gasteiger partial charge in [0.25, 0.3) is 0 Å². The molecule has 1 heterocycles. The van der Waals surface area contributed by atoms with Gasteiger partial charge in [-0.2, -0.15) is 8.42 Å². The Balaban J connectivity index is 0.000000171. The van der Waals surface area contributed by atoms with Gasteiger partial charge in [-0.15, -0.1) is 0 Å². The number of benzene rings is 1. The minimum atomic E-state index is -3.72. The monoisotopic (exact) mass is 253 g/mol. The van der Waals surface area contributed by atoms with Gasteiger partial charge in [0.1, 0.15) is 5.52 Å². The van der Waals surface area contributed by atoms with Gasteiger partial charge in [0.05, 0.1) is 0 Å². The molecule has 0 aliphatic heterocycles. The van der Waals surface area contributed by atoms with E-state index in [1.165, 1.54) is 6.39 Å². The average Bonchev–Trinajstić information content (AvgIpc) is 2.47. The van der Waals surface area contributed by atoms with Crippen LogP contribution in [-0.4, -0.2) is 13.4 Å². The zero-order valence-corrected chi connectivity index (χ0v) is 9.05. The molecule has 0 amide bonds. The van der Waals surface area contributed by atoms with Crippen LogP contribution in [0.5, 0.6) is 0 Å². The number of aromatic nitrogens is 1. The van der Waals surface area contributed by atoms with Gasteiger partial charge in [-0.05, 0) is 12.1 Å². The van der Waals surface area contributed by atoms with Crippen molar-refractivity contribution in [1.29, 1.82) is 0 Å². The standard InChI is InChI=1S/C7H5NO.Cl2O2S/c1-2-4-7-6(3-1)8-5-9-7;1-5(2,3)4/h1-5H;. The van der Waals surface area contributed by atoms with E-state index >= 15 is 0 Å². The summed E-state index contributed by atoms with van der Waals surface area (Å²) in [7, 11) is 4.81. The molecule has 4 nitrogen and oxygen atoms in total. The fourth-order valence-corrected chi connectivity index (χ4v) is 0.803. The Morgan fingerprint density at radius 2 is 1.79 bits per heavy atom. The molecule has 0 unspecified atom stereocenters. The molecule has 2 rings (SSSR count). The van der Waals surface area contributed by atoms with Crippen molar-refractivity contribution in [2.24, 2.45) is 0 Å². The molecule has 0 saturated carbocycles. The van der Waals surface area contributed by atoms with Crippen LogP contribution in [0.3, 0.4) is 0 Å². The van der Waals surface area contributed by atoms with Crippen LogP contribution < -0.4 is 0 Å². The van der Waals surface area contributed by atoms with Crippen LogP contribution in [0.15, 0.2) is 35.1 Å². The van der Waals surface area contributed by atoms with Crippen LogP contribution in [0.2, 0.25) is 0 Å². The summed E-state index contributed by atoms with van der Waals surface area (Å²) in [6.07, 6.45) is 1.45. The first kappa shape index (κ1) is 11.3. The van der Waals surface area contributed by atoms with E-state index < -0.39 is 8.26 Å². The molecule has 1 aromatic carbocycles. The summed E-state index contributed by atoms with van der Waals surface area (Å²) in [5.41, 5.74) is 1.76. The maximum Gasteiger partial charge on any atom is 0.317 e. The number of rotatable bonds is 0. The third-order valence-electron chi connectivity index (χ3n) is 1.24. The first-order valence-corrected chi connectivity index (χ1v) is 6.53. The number of nitrogens with zero attached hydrogens (tertiary/aromatic N) is 1. The van der Waals surface area contributed by atoms with Gasteiger partial charge in [0.2, 0.25) is 0 Å². The molecule has 0 fully saturated rings. The van der Waals surface area contributed by atoms with E-state index in [0.717, 1.165) is 11.1 Å². The Bertz CT molecular complexity index is 470. The second-order valence-electron chi connectivity index (χ2n) is 2.20. The van der Waals surface area contributed by atoms with Crippen molar-refractivity contribution in [1.82, 2.24) is 4.98 Å². The maximum atomic E-state index is 9.16. The summed E-state index contributed by atoms with van der Waals surface area (Å²) in [5, 5.41) is 0. The number of halogens is 2. The fourth-order valence-electron chi connectivity index (χ4n) is 0.803. The van der Waals surface area contributed by atoms with E-state index in [1.54, 1.807) is 0 Å². The van der Waals surface area contributed by atoms with Gasteiger partial charge in [-0.3, -0.25) is 0 Å². The van der Waals surface area contributed by atoms with E-state index in [1.807, 2.05) is 24.3 Å². The average molecular weight is 254 g/mol. The highest BCUT2D eigenvalue weighted by Gasteiger charge is 1.91. The van der Waals surface area contributed by atoms with Gasteiger partial charge < -0.3 is 4.42 Å². The van der Waals surface area contributed by atoms with Crippen LogP contribution in [0.4, 0.5) is 0 Å². The lowest BCUT2D eigenvalue weighted by atomic mass is 10.3. The quantitative estimate of drug-likeness (QED) is 0.678. The zero-order chi connectivity index (χ0) is 10.6. The highest BCUT2D eigenvalue weighted by Crippen LogP contribution is 2.09. The van der Waals surface area contributed by atoms with Gasteiger partial charge in [-0.25, -0.2) is 4.98 Å². The van der Waals surface area contributed by atoms with Crippen molar-refractivity contribution in [3.63, 3.8) is 0 Å². The van der Waals surface area contributed by atoms with E-state index in [2.05, 4.69) is 26.3 Å². The van der Waals surface area contributed by atoms with Crippen molar-refractivity contribution in [2.45, 2.75) is 0 Å². The first-order chi connectivity index (χ1) is 6.47. The molecule has 2 aromatic rings. The Morgan fingerprint density at radius 3 is 2.36 bits per heavy atom. The lowest BCUT2D eigenvalue weighted by molar-refractivity contribution is 0.602. The lowest BCUT2D eigenvalue weighted by Crippen LogP contribution is -1.63. The molecule has 1 aromatic heterocycles. The number of para-hydroxylation sites is 2. The van der Waals surface area contributed by atoms with E-state index in [4.69, 9.17) is 12.8 Å². The van der Waals surface area contributed by atoms with Crippen LogP contribution >= 0.6 is 21.4 Å². The van der Waals surface area contributed by atoms with Crippen molar-refractivity contribution < 1.29 is 12.8 Å². The molecule has 0 aliphatic rings. The smallest absolute Gasteiger partial charge is 0.317 e. The van der Waals surface area contributed by atoms with Gasteiger partial charge in [-0.1, -0.05) is 12.1 Å². The lowest BCUT2D eigenvalue weighted by Gasteiger charge is -1.79. The van der Waals surface area contributed by atoms with Crippen LogP contribution in [0.25, 0.3) is 11.1 Å². The van der Waals surface area contributed by atoms with Crippen molar-refractivity contribution in [3.05, 3.63) is 30.7 Å². The summed E-state index contributed by atoms with van der Waals surface area (Å²) in [6, 6.07) is 7.67. The number of fused-ring (bicyclic) bond motifs is 1. The predicted octanol–water partition coefficient (Wildman–Crippen LogP) is 2.54. The number of hydrogen-bond donors (Lipinski definition) is 0. The molecule has 76 valence electrons. The van der Waals surface area contributed by atoms with E-state index in [-0.39, 0.29) is 0 Å². The van der Waals surface area contributed by atoms with Gasteiger partial charge in [0.15, 0.2) is 12.0 Å². The topological polar surface area (TPSA) is 60.2 Å². The third kappa shape index (κ3) is 4.45. The van der Waals surface area contributed by atoms with Crippen LogP contribution in [-0.2, 0) is 8.26 Å². The van der Waals surface area contributed by atoms with Crippen LogP contribution in [0.1, 0.15) is 0 Å². The molecule has 14 heavy (non-hydrogen) atoms. The van der Waals surface area contributed by atoms with Crippen molar-refractivity contribution in [2.75, 3.05) is 0 Å². The molecular weight excluding hydrogens is 249 g/mol. The Kier molecular flexibility index (Phi) is 3.74. The van der Waals surface area contributed by atoms with Crippen LogP contribution in [0, 0.1) is 0 Å². The SMILES string of the molecule is O=S(=O)(Cl)Cl.c1ccc2ocnc2c1. The Labute approximate surface area is 89.4 Å². The van der Waals surface area contributed by atoms with Crippen molar-refractivity contribution >= 4 is 40.7 Å². The Morgan fingerprint density at radius 1 is 1.21 bits per heavy atom. The number of oxazole rings is 1. The minimum absolute atomic E-state index is 0.845. The number of hydrogen-bond acceptors (Lipinski definition) is 4. The second-order valence-corrected chi connectivity index (χ2v) is 5.87. The second kappa shape index (κ2) is 4.63. The summed E-state index contributed by atoms with van der Waals surface area (Å²) >= 11 is 0. The first-order valence-electron chi connectivity index (χ1n) is 3.39. The molecular formula is C7H5Cl2NO3S.